The molecule has 0 atom stereocenters. The Kier molecular flexibility index (Phi) is 8.06. The second kappa shape index (κ2) is 10.1. The van der Waals surface area contributed by atoms with Crippen molar-refractivity contribution in [2.45, 2.75) is 46.0 Å². The summed E-state index contributed by atoms with van der Waals surface area (Å²) in [6.07, 6.45) is -4.42. The highest BCUT2D eigenvalue weighted by molar-refractivity contribution is 6.32. The minimum Gasteiger partial charge on any atom is -0.490 e. The van der Waals surface area contributed by atoms with Crippen molar-refractivity contribution < 1.29 is 27.4 Å². The summed E-state index contributed by atoms with van der Waals surface area (Å²) in [6.45, 7) is 7.68. The Morgan fingerprint density at radius 3 is 2.42 bits per heavy atom. The first-order chi connectivity index (χ1) is 14.4. The van der Waals surface area contributed by atoms with Crippen LogP contribution >= 0.6 is 11.6 Å². The van der Waals surface area contributed by atoms with Crippen LogP contribution in [-0.4, -0.2) is 24.7 Å². The van der Waals surface area contributed by atoms with Gasteiger partial charge in [-0.3, -0.25) is 4.79 Å². The molecule has 31 heavy (non-hydrogen) atoms. The lowest BCUT2D eigenvalue weighted by Gasteiger charge is -2.21. The Balaban J connectivity index is 2.13. The third-order valence-corrected chi connectivity index (χ3v) is 4.20. The first-order valence-electron chi connectivity index (χ1n) is 9.69. The molecule has 2 N–H and O–H groups in total. The van der Waals surface area contributed by atoms with Crippen LogP contribution in [0.5, 0.6) is 11.5 Å². The average molecular weight is 459 g/mol. The summed E-state index contributed by atoms with van der Waals surface area (Å²) < 4.78 is 49.8. The number of amides is 1. The Hall–Kier alpha value is -2.61. The fraction of sp³-hybridized carbons (Fsp3) is 0.409. The number of rotatable bonds is 8. The van der Waals surface area contributed by atoms with E-state index in [0.717, 1.165) is 12.1 Å². The lowest BCUT2D eigenvalue weighted by Crippen LogP contribution is -2.43. The molecule has 0 aliphatic heterocycles. The molecule has 5 nitrogen and oxygen atoms in total. The lowest BCUT2D eigenvalue weighted by atomic mass is 10.1. The molecule has 0 heterocycles. The van der Waals surface area contributed by atoms with Crippen molar-refractivity contribution in [3.8, 4) is 11.5 Å². The molecule has 0 saturated carbocycles. The Labute approximate surface area is 184 Å². The van der Waals surface area contributed by atoms with Gasteiger partial charge in [0, 0.05) is 17.8 Å². The molecule has 170 valence electrons. The molecule has 0 unspecified atom stereocenters. The Morgan fingerprint density at radius 1 is 1.10 bits per heavy atom. The molecule has 0 radical (unpaired) electrons. The van der Waals surface area contributed by atoms with E-state index in [1.807, 2.05) is 20.8 Å². The van der Waals surface area contributed by atoms with Gasteiger partial charge < -0.3 is 20.1 Å². The third kappa shape index (κ3) is 7.86. The van der Waals surface area contributed by atoms with Gasteiger partial charge in [-0.1, -0.05) is 17.7 Å². The number of ether oxygens (including phenoxy) is 2. The predicted molar refractivity (Wildman–Crippen MR) is 115 cm³/mol. The van der Waals surface area contributed by atoms with E-state index < -0.39 is 17.3 Å². The predicted octanol–water partition coefficient (Wildman–Crippen LogP) is 5.66. The molecule has 9 heteroatoms. The SMILES string of the molecule is CCOc1cc(CNc2cccc(C(F)(F)F)c2)cc(Cl)c1OCC(=O)NC(C)(C)C. The Morgan fingerprint density at radius 2 is 1.81 bits per heavy atom. The van der Waals surface area contributed by atoms with E-state index >= 15 is 0 Å². The van der Waals surface area contributed by atoms with Crippen molar-refractivity contribution in [1.82, 2.24) is 5.32 Å². The number of anilines is 1. The second-order valence-electron chi connectivity index (χ2n) is 7.86. The molecule has 0 spiro atoms. The van der Waals surface area contributed by atoms with Gasteiger partial charge in [0.2, 0.25) is 0 Å². The number of nitrogens with one attached hydrogen (secondary N) is 2. The maximum Gasteiger partial charge on any atom is 0.416 e. The maximum absolute atomic E-state index is 12.9. The smallest absolute Gasteiger partial charge is 0.416 e. The fourth-order valence-electron chi connectivity index (χ4n) is 2.73. The average Bonchev–Trinajstić information content (AvgIpc) is 2.64. The van der Waals surface area contributed by atoms with Crippen molar-refractivity contribution in [3.63, 3.8) is 0 Å². The summed E-state index contributed by atoms with van der Waals surface area (Å²) in [5.41, 5.74) is -0.130. The summed E-state index contributed by atoms with van der Waals surface area (Å²) in [4.78, 5) is 12.0. The number of hydrogen-bond acceptors (Lipinski definition) is 4. The molecule has 2 aromatic carbocycles. The van der Waals surface area contributed by atoms with Crippen LogP contribution in [0.4, 0.5) is 18.9 Å². The number of halogens is 4. The minimum atomic E-state index is -4.42. The van der Waals surface area contributed by atoms with Crippen LogP contribution in [0.3, 0.4) is 0 Å². The van der Waals surface area contributed by atoms with E-state index in [9.17, 15) is 18.0 Å². The number of hydrogen-bond donors (Lipinski definition) is 2. The highest BCUT2D eigenvalue weighted by atomic mass is 35.5. The van der Waals surface area contributed by atoms with Gasteiger partial charge >= 0.3 is 6.18 Å². The van der Waals surface area contributed by atoms with Crippen molar-refractivity contribution in [2.75, 3.05) is 18.5 Å². The van der Waals surface area contributed by atoms with Gasteiger partial charge in [-0.2, -0.15) is 13.2 Å². The number of carbonyl (C=O) groups excluding carboxylic acids is 1. The van der Waals surface area contributed by atoms with Crippen molar-refractivity contribution >= 4 is 23.2 Å². The van der Waals surface area contributed by atoms with E-state index in [1.54, 1.807) is 25.1 Å². The molecule has 0 fully saturated rings. The van der Waals surface area contributed by atoms with E-state index in [4.69, 9.17) is 21.1 Å². The van der Waals surface area contributed by atoms with Crippen molar-refractivity contribution in [1.29, 1.82) is 0 Å². The standard InChI is InChI=1S/C22H26ClF3N2O3/c1-5-30-18-10-14(12-27-16-8-6-7-15(11-16)22(24,25)26)9-17(23)20(18)31-13-19(29)28-21(2,3)4/h6-11,27H,5,12-13H2,1-4H3,(H,28,29). The zero-order valence-electron chi connectivity index (χ0n) is 17.8. The van der Waals surface area contributed by atoms with Crippen LogP contribution in [0, 0.1) is 0 Å². The molecule has 0 bridgehead atoms. The highest BCUT2D eigenvalue weighted by Crippen LogP contribution is 2.37. The molecule has 2 aromatic rings. The molecule has 1 amide bonds. The number of alkyl halides is 3. The van der Waals surface area contributed by atoms with Gasteiger partial charge in [-0.25, -0.2) is 0 Å². The molecule has 0 aliphatic carbocycles. The monoisotopic (exact) mass is 458 g/mol. The third-order valence-electron chi connectivity index (χ3n) is 3.92. The second-order valence-corrected chi connectivity index (χ2v) is 8.26. The zero-order chi connectivity index (χ0) is 23.2. The van der Waals surface area contributed by atoms with Crippen LogP contribution < -0.4 is 20.1 Å². The topological polar surface area (TPSA) is 59.6 Å². The largest absolute Gasteiger partial charge is 0.490 e. The Bertz CT molecular complexity index is 912. The van der Waals surface area contributed by atoms with E-state index in [2.05, 4.69) is 10.6 Å². The van der Waals surface area contributed by atoms with Gasteiger partial charge in [-0.05, 0) is 63.6 Å². The van der Waals surface area contributed by atoms with Crippen LogP contribution in [0.1, 0.15) is 38.8 Å². The molecule has 0 aliphatic rings. The van der Waals surface area contributed by atoms with E-state index in [-0.39, 0.29) is 29.8 Å². The quantitative estimate of drug-likeness (QED) is 0.535. The summed E-state index contributed by atoms with van der Waals surface area (Å²) >= 11 is 6.34. The lowest BCUT2D eigenvalue weighted by molar-refractivity contribution is -0.137. The van der Waals surface area contributed by atoms with Gasteiger partial charge in [0.25, 0.3) is 5.91 Å². The van der Waals surface area contributed by atoms with Crippen LogP contribution in [0.15, 0.2) is 36.4 Å². The minimum absolute atomic E-state index is 0.214. The van der Waals surface area contributed by atoms with Crippen LogP contribution in [0.2, 0.25) is 5.02 Å². The summed E-state index contributed by atoms with van der Waals surface area (Å²) in [6, 6.07) is 8.22. The van der Waals surface area contributed by atoms with E-state index in [1.165, 1.54) is 6.07 Å². The molecule has 0 saturated heterocycles. The van der Waals surface area contributed by atoms with Crippen LogP contribution in [0.25, 0.3) is 0 Å². The van der Waals surface area contributed by atoms with Crippen molar-refractivity contribution in [3.05, 3.63) is 52.5 Å². The van der Waals surface area contributed by atoms with E-state index in [0.29, 0.717) is 23.6 Å². The first-order valence-corrected chi connectivity index (χ1v) is 10.1. The van der Waals surface area contributed by atoms with Crippen LogP contribution in [-0.2, 0) is 17.5 Å². The molecule has 0 aromatic heterocycles. The summed E-state index contributed by atoms with van der Waals surface area (Å²) in [7, 11) is 0. The molecular formula is C22H26ClF3N2O3. The highest BCUT2D eigenvalue weighted by Gasteiger charge is 2.30. The summed E-state index contributed by atoms with van der Waals surface area (Å²) in [5, 5.41) is 5.97. The van der Waals surface area contributed by atoms with Gasteiger partial charge in [-0.15, -0.1) is 0 Å². The van der Waals surface area contributed by atoms with Gasteiger partial charge in [0.05, 0.1) is 17.2 Å². The maximum atomic E-state index is 12.9. The summed E-state index contributed by atoms with van der Waals surface area (Å²) in [5.74, 6) is 0.274. The normalized spacial score (nSPS) is 11.7. The molecular weight excluding hydrogens is 433 g/mol. The number of carbonyl (C=O) groups is 1. The first kappa shape index (κ1) is 24.7. The van der Waals surface area contributed by atoms with Gasteiger partial charge in [0.1, 0.15) is 0 Å². The molecule has 2 rings (SSSR count). The van der Waals surface area contributed by atoms with Gasteiger partial charge in [0.15, 0.2) is 18.1 Å². The fourth-order valence-corrected chi connectivity index (χ4v) is 3.02. The number of benzene rings is 2. The van der Waals surface area contributed by atoms with Crippen molar-refractivity contribution in [2.24, 2.45) is 0 Å². The zero-order valence-corrected chi connectivity index (χ0v) is 18.6.